The van der Waals surface area contributed by atoms with Crippen molar-refractivity contribution >= 4 is 21.6 Å². The quantitative estimate of drug-likeness (QED) is 0.0644. The number of halogens is 6. The monoisotopic (exact) mass is 538 g/mol. The van der Waals surface area contributed by atoms with Crippen LogP contribution in [0.2, 0.25) is 0 Å². The highest BCUT2D eigenvalue weighted by Crippen LogP contribution is 2.26. The lowest BCUT2D eigenvalue weighted by Crippen LogP contribution is -2.06. The average molecular weight is 539 g/mol. The first-order valence-corrected chi connectivity index (χ1v) is 16.1. The fourth-order valence-corrected chi connectivity index (χ4v) is 6.21. The molecule has 0 aromatic heterocycles. The van der Waals surface area contributed by atoms with Crippen LogP contribution in [0.3, 0.4) is 0 Å². The lowest BCUT2D eigenvalue weighted by molar-refractivity contribution is -0.136. The number of hydrogen-bond acceptors (Lipinski definition) is 2. The second-order valence-corrected chi connectivity index (χ2v) is 12.1. The van der Waals surface area contributed by atoms with E-state index in [1.54, 1.807) is 0 Å². The van der Waals surface area contributed by atoms with Crippen molar-refractivity contribution in [3.63, 3.8) is 0 Å². The molecule has 34 heavy (non-hydrogen) atoms. The molecular weight excluding hydrogens is 490 g/mol. The van der Waals surface area contributed by atoms with Crippen molar-refractivity contribution in [1.82, 2.24) is 0 Å². The van der Waals surface area contributed by atoms with Crippen molar-refractivity contribution in [3.05, 3.63) is 0 Å². The summed E-state index contributed by atoms with van der Waals surface area (Å²) in [5, 5.41) is 0. The molecule has 0 aliphatic rings. The Morgan fingerprint density at radius 2 is 0.500 bits per heavy atom. The third-order valence-electron chi connectivity index (χ3n) is 5.96. The zero-order valence-corrected chi connectivity index (χ0v) is 22.7. The molecular formula is C26H48F6S2. The molecule has 8 heteroatoms. The van der Waals surface area contributed by atoms with Crippen LogP contribution in [-0.2, 0) is 0 Å². The summed E-state index contributed by atoms with van der Waals surface area (Å²) in [6, 6.07) is 0. The van der Waals surface area contributed by atoms with E-state index in [1.165, 1.54) is 75.7 Å². The molecule has 0 atom stereocenters. The normalized spacial score (nSPS) is 12.5. The maximum Gasteiger partial charge on any atom is 0.389 e. The van der Waals surface area contributed by atoms with Gasteiger partial charge in [-0.3, -0.25) is 0 Å². The standard InChI is InChI=1S/C26H48F6S2/c27-25(28,29)21-17-13-9-5-1-3-7-11-15-19-23-33-34-24-20-16-12-8-4-2-6-10-14-18-22-26(30,31)32/h1-24H2. The third-order valence-corrected chi connectivity index (χ3v) is 8.54. The Labute approximate surface area is 213 Å². The van der Waals surface area contributed by atoms with E-state index in [2.05, 4.69) is 0 Å². The van der Waals surface area contributed by atoms with Crippen LogP contribution in [0.15, 0.2) is 0 Å². The van der Waals surface area contributed by atoms with Gasteiger partial charge in [-0.2, -0.15) is 26.3 Å². The molecule has 0 aromatic rings. The van der Waals surface area contributed by atoms with Gasteiger partial charge in [0, 0.05) is 24.3 Å². The topological polar surface area (TPSA) is 0 Å². The van der Waals surface area contributed by atoms with Gasteiger partial charge < -0.3 is 0 Å². The molecule has 0 amide bonds. The van der Waals surface area contributed by atoms with Gasteiger partial charge in [-0.25, -0.2) is 0 Å². The minimum atomic E-state index is -3.99. The predicted molar refractivity (Wildman–Crippen MR) is 139 cm³/mol. The minimum Gasteiger partial charge on any atom is -0.171 e. The number of rotatable bonds is 25. The summed E-state index contributed by atoms with van der Waals surface area (Å²) in [5.74, 6) is 2.43. The van der Waals surface area contributed by atoms with Gasteiger partial charge in [0.2, 0.25) is 0 Å². The molecule has 206 valence electrons. The Kier molecular flexibility index (Phi) is 23.9. The zero-order valence-electron chi connectivity index (χ0n) is 21.1. The van der Waals surface area contributed by atoms with Crippen molar-refractivity contribution in [2.24, 2.45) is 0 Å². The van der Waals surface area contributed by atoms with Crippen LogP contribution < -0.4 is 0 Å². The fourth-order valence-electron chi connectivity index (χ4n) is 3.92. The maximum absolute atomic E-state index is 12.0. The summed E-state index contributed by atoms with van der Waals surface area (Å²) in [7, 11) is 3.97. The Balaban J connectivity index is 3.07. The molecule has 0 saturated carbocycles. The first kappa shape index (κ1) is 34.3. The van der Waals surface area contributed by atoms with E-state index in [1.807, 2.05) is 21.6 Å². The van der Waals surface area contributed by atoms with E-state index in [4.69, 9.17) is 0 Å². The lowest BCUT2D eigenvalue weighted by atomic mass is 10.1. The maximum atomic E-state index is 12.0. The molecule has 0 radical (unpaired) electrons. The summed E-state index contributed by atoms with van der Waals surface area (Å²) < 4.78 is 72.2. The van der Waals surface area contributed by atoms with E-state index in [-0.39, 0.29) is 12.8 Å². The highest BCUT2D eigenvalue weighted by Gasteiger charge is 2.26. The van der Waals surface area contributed by atoms with Gasteiger partial charge in [-0.1, -0.05) is 124 Å². The average Bonchev–Trinajstić information content (AvgIpc) is 2.74. The van der Waals surface area contributed by atoms with E-state index in [9.17, 15) is 26.3 Å². The van der Waals surface area contributed by atoms with Gasteiger partial charge in [0.05, 0.1) is 0 Å². The van der Waals surface area contributed by atoms with Crippen molar-refractivity contribution < 1.29 is 26.3 Å². The largest absolute Gasteiger partial charge is 0.389 e. The van der Waals surface area contributed by atoms with Crippen molar-refractivity contribution in [1.29, 1.82) is 0 Å². The first-order valence-electron chi connectivity index (χ1n) is 13.6. The summed E-state index contributed by atoms with van der Waals surface area (Å²) in [4.78, 5) is 0. The molecule has 0 aliphatic heterocycles. The van der Waals surface area contributed by atoms with Crippen LogP contribution in [0, 0.1) is 0 Å². The number of alkyl halides is 6. The smallest absolute Gasteiger partial charge is 0.171 e. The predicted octanol–water partition coefficient (Wildman–Crippen LogP) is 12.1. The SMILES string of the molecule is FC(F)(F)CCCCCCCCCCCCSSCCCCCCCCCCCCC(F)(F)F. The Morgan fingerprint density at radius 1 is 0.294 bits per heavy atom. The molecule has 0 aliphatic carbocycles. The van der Waals surface area contributed by atoms with Crippen LogP contribution in [-0.4, -0.2) is 23.9 Å². The highest BCUT2D eigenvalue weighted by molar-refractivity contribution is 8.76. The van der Waals surface area contributed by atoms with Crippen LogP contribution in [0.5, 0.6) is 0 Å². The van der Waals surface area contributed by atoms with Crippen LogP contribution in [0.4, 0.5) is 26.3 Å². The molecule has 0 rings (SSSR count). The highest BCUT2D eigenvalue weighted by atomic mass is 33.1. The minimum absolute atomic E-state index is 0.278. The molecule has 0 heterocycles. The molecule has 0 aromatic carbocycles. The molecule has 0 saturated heterocycles. The van der Waals surface area contributed by atoms with Gasteiger partial charge in [0.1, 0.15) is 0 Å². The van der Waals surface area contributed by atoms with Gasteiger partial charge in [-0.05, 0) is 25.7 Å². The summed E-state index contributed by atoms with van der Waals surface area (Å²) >= 11 is 0. The van der Waals surface area contributed by atoms with Crippen LogP contribution in [0.25, 0.3) is 0 Å². The van der Waals surface area contributed by atoms with E-state index in [0.717, 1.165) is 38.5 Å². The molecule has 0 spiro atoms. The molecule has 0 fully saturated rings. The molecule has 0 N–H and O–H groups in total. The lowest BCUT2D eigenvalue weighted by Gasteiger charge is -2.06. The Bertz CT molecular complexity index is 375. The second kappa shape index (κ2) is 23.7. The van der Waals surface area contributed by atoms with Crippen molar-refractivity contribution in [2.75, 3.05) is 11.5 Å². The van der Waals surface area contributed by atoms with Crippen molar-refractivity contribution in [2.45, 2.75) is 154 Å². The third kappa shape index (κ3) is 32.3. The zero-order chi connectivity index (χ0) is 25.4. The molecule has 0 bridgehead atoms. The van der Waals surface area contributed by atoms with Gasteiger partial charge in [-0.15, -0.1) is 0 Å². The number of hydrogen-bond donors (Lipinski definition) is 0. The number of unbranched alkanes of at least 4 members (excludes halogenated alkanes) is 18. The van der Waals surface area contributed by atoms with Crippen LogP contribution >= 0.6 is 21.6 Å². The molecule has 0 nitrogen and oxygen atoms in total. The first-order chi connectivity index (χ1) is 16.2. The summed E-state index contributed by atoms with van der Waals surface area (Å²) in [5.41, 5.74) is 0. The van der Waals surface area contributed by atoms with Gasteiger partial charge in [0.25, 0.3) is 0 Å². The Morgan fingerprint density at radius 3 is 0.735 bits per heavy atom. The van der Waals surface area contributed by atoms with Crippen LogP contribution in [0.1, 0.15) is 141 Å². The van der Waals surface area contributed by atoms with E-state index >= 15 is 0 Å². The van der Waals surface area contributed by atoms with E-state index < -0.39 is 25.2 Å². The van der Waals surface area contributed by atoms with Gasteiger partial charge >= 0.3 is 12.4 Å². The second-order valence-electron chi connectivity index (χ2n) is 9.45. The fraction of sp³-hybridized carbons (Fsp3) is 1.00. The summed E-state index contributed by atoms with van der Waals surface area (Å²) in [6.07, 6.45) is 11.6. The Hall–Kier alpha value is 0.280. The van der Waals surface area contributed by atoms with E-state index in [0.29, 0.717) is 12.8 Å². The summed E-state index contributed by atoms with van der Waals surface area (Å²) in [6.45, 7) is 0. The molecule has 0 unspecified atom stereocenters. The van der Waals surface area contributed by atoms with Gasteiger partial charge in [0.15, 0.2) is 0 Å². The van der Waals surface area contributed by atoms with Crippen molar-refractivity contribution in [3.8, 4) is 0 Å².